The number of aryl methyl sites for hydroxylation is 3. The second-order valence-electron chi connectivity index (χ2n) is 4.76. The summed E-state index contributed by atoms with van der Waals surface area (Å²) in [4.78, 5) is 8.09. The zero-order chi connectivity index (χ0) is 13.6. The molecule has 0 saturated heterocycles. The summed E-state index contributed by atoms with van der Waals surface area (Å²) in [5.74, 6) is 0.885. The standard InChI is InChI=1S/C14H16N4S/c1-7-5-10-11(6-8(7)2)17-13(16-10)12-9(3)18-19-14(12)15-4/h5-6,15H,1-4H3,(H,16,17). The minimum Gasteiger partial charge on any atom is -0.378 e. The fraction of sp³-hybridized carbons (Fsp3) is 0.286. The lowest BCUT2D eigenvalue weighted by atomic mass is 10.1. The van der Waals surface area contributed by atoms with Crippen molar-refractivity contribution in [1.29, 1.82) is 0 Å². The average Bonchev–Trinajstić information content (AvgIpc) is 2.93. The van der Waals surface area contributed by atoms with E-state index in [4.69, 9.17) is 4.98 Å². The lowest BCUT2D eigenvalue weighted by Crippen LogP contribution is -1.89. The van der Waals surface area contributed by atoms with Crippen LogP contribution in [0, 0.1) is 20.8 Å². The van der Waals surface area contributed by atoms with Crippen molar-refractivity contribution in [2.45, 2.75) is 20.8 Å². The number of hydrogen-bond donors (Lipinski definition) is 2. The molecule has 0 aliphatic carbocycles. The molecule has 2 N–H and O–H groups in total. The van der Waals surface area contributed by atoms with E-state index < -0.39 is 0 Å². The Morgan fingerprint density at radius 1 is 1.16 bits per heavy atom. The van der Waals surface area contributed by atoms with Crippen LogP contribution in [-0.4, -0.2) is 21.4 Å². The Balaban J connectivity index is 2.23. The highest BCUT2D eigenvalue weighted by Crippen LogP contribution is 2.33. The predicted molar refractivity (Wildman–Crippen MR) is 81.0 cm³/mol. The van der Waals surface area contributed by atoms with E-state index in [1.165, 1.54) is 22.7 Å². The van der Waals surface area contributed by atoms with Gasteiger partial charge in [0.05, 0.1) is 22.3 Å². The van der Waals surface area contributed by atoms with E-state index in [1.54, 1.807) is 0 Å². The quantitative estimate of drug-likeness (QED) is 0.748. The van der Waals surface area contributed by atoms with Gasteiger partial charge in [-0.15, -0.1) is 0 Å². The SMILES string of the molecule is CNc1snc(C)c1-c1nc2cc(C)c(C)cc2[nH]1. The largest absolute Gasteiger partial charge is 0.378 e. The van der Waals surface area contributed by atoms with Crippen molar-refractivity contribution >= 4 is 27.6 Å². The first kappa shape index (κ1) is 12.2. The predicted octanol–water partition coefficient (Wildman–Crippen LogP) is 3.65. The third-order valence-electron chi connectivity index (χ3n) is 3.42. The molecule has 0 amide bonds. The first-order chi connectivity index (χ1) is 9.10. The Kier molecular flexibility index (Phi) is 2.78. The van der Waals surface area contributed by atoms with Crippen molar-refractivity contribution in [3.63, 3.8) is 0 Å². The van der Waals surface area contributed by atoms with Gasteiger partial charge < -0.3 is 10.3 Å². The maximum atomic E-state index is 4.70. The van der Waals surface area contributed by atoms with Gasteiger partial charge in [0.1, 0.15) is 10.8 Å². The van der Waals surface area contributed by atoms with Gasteiger partial charge in [0, 0.05) is 7.05 Å². The number of benzene rings is 1. The monoisotopic (exact) mass is 272 g/mol. The number of H-pyrrole nitrogens is 1. The third kappa shape index (κ3) is 1.90. The molecule has 5 heteroatoms. The molecule has 2 aromatic heterocycles. The molecule has 98 valence electrons. The summed E-state index contributed by atoms with van der Waals surface area (Å²) in [7, 11) is 1.91. The van der Waals surface area contributed by atoms with Crippen molar-refractivity contribution in [3.05, 3.63) is 29.0 Å². The topological polar surface area (TPSA) is 53.6 Å². The second-order valence-corrected chi connectivity index (χ2v) is 5.53. The summed E-state index contributed by atoms with van der Waals surface area (Å²) in [6.45, 7) is 6.24. The van der Waals surface area contributed by atoms with Gasteiger partial charge in [0.15, 0.2) is 0 Å². The summed E-state index contributed by atoms with van der Waals surface area (Å²) < 4.78 is 4.39. The van der Waals surface area contributed by atoms with Gasteiger partial charge in [-0.2, -0.15) is 4.37 Å². The van der Waals surface area contributed by atoms with Crippen LogP contribution in [0.2, 0.25) is 0 Å². The fourth-order valence-electron chi connectivity index (χ4n) is 2.21. The molecule has 3 rings (SSSR count). The first-order valence-corrected chi connectivity index (χ1v) is 6.99. The zero-order valence-electron chi connectivity index (χ0n) is 11.5. The second kappa shape index (κ2) is 4.35. The highest BCUT2D eigenvalue weighted by molar-refractivity contribution is 7.10. The van der Waals surface area contributed by atoms with Crippen molar-refractivity contribution in [1.82, 2.24) is 14.3 Å². The molecule has 0 unspecified atom stereocenters. The Labute approximate surface area is 116 Å². The lowest BCUT2D eigenvalue weighted by molar-refractivity contribution is 1.28. The molecule has 0 fully saturated rings. The van der Waals surface area contributed by atoms with Crippen LogP contribution in [0.1, 0.15) is 16.8 Å². The Morgan fingerprint density at radius 3 is 2.63 bits per heavy atom. The van der Waals surface area contributed by atoms with Crippen molar-refractivity contribution < 1.29 is 0 Å². The first-order valence-electron chi connectivity index (χ1n) is 6.21. The van der Waals surface area contributed by atoms with E-state index in [2.05, 4.69) is 40.7 Å². The summed E-state index contributed by atoms with van der Waals surface area (Å²) in [6, 6.07) is 4.27. The Bertz CT molecular complexity index is 715. The molecule has 0 radical (unpaired) electrons. The van der Waals surface area contributed by atoms with E-state index in [0.29, 0.717) is 0 Å². The average molecular weight is 272 g/mol. The number of hydrogen-bond acceptors (Lipinski definition) is 4. The summed E-state index contributed by atoms with van der Waals surface area (Å²) in [5, 5.41) is 4.22. The van der Waals surface area contributed by atoms with Crippen LogP contribution in [0.15, 0.2) is 12.1 Å². The van der Waals surface area contributed by atoms with Crippen LogP contribution in [0.3, 0.4) is 0 Å². The summed E-state index contributed by atoms with van der Waals surface area (Å²) in [6.07, 6.45) is 0. The minimum absolute atomic E-state index is 0.885. The van der Waals surface area contributed by atoms with Gasteiger partial charge in [0.25, 0.3) is 0 Å². The highest BCUT2D eigenvalue weighted by atomic mass is 32.1. The molecule has 0 saturated carbocycles. The molecule has 2 heterocycles. The van der Waals surface area contributed by atoms with Gasteiger partial charge in [-0.1, -0.05) is 0 Å². The van der Waals surface area contributed by atoms with Crippen molar-refractivity contribution in [2.24, 2.45) is 0 Å². The molecule has 4 nitrogen and oxygen atoms in total. The number of imidazole rings is 1. The molecule has 0 bridgehead atoms. The van der Waals surface area contributed by atoms with E-state index in [0.717, 1.165) is 33.1 Å². The van der Waals surface area contributed by atoms with Crippen LogP contribution in [0.5, 0.6) is 0 Å². The van der Waals surface area contributed by atoms with Crippen molar-refractivity contribution in [2.75, 3.05) is 12.4 Å². The number of aromatic amines is 1. The van der Waals surface area contributed by atoms with E-state index in [1.807, 2.05) is 14.0 Å². The van der Waals surface area contributed by atoms with Gasteiger partial charge in [-0.25, -0.2) is 4.98 Å². The van der Waals surface area contributed by atoms with Crippen molar-refractivity contribution in [3.8, 4) is 11.4 Å². The number of anilines is 1. The maximum Gasteiger partial charge on any atom is 0.143 e. The number of nitrogens with zero attached hydrogens (tertiary/aromatic N) is 2. The van der Waals surface area contributed by atoms with Gasteiger partial charge in [0.2, 0.25) is 0 Å². The number of rotatable bonds is 2. The molecule has 1 aromatic carbocycles. The van der Waals surface area contributed by atoms with E-state index in [-0.39, 0.29) is 0 Å². The molecule has 0 atom stereocenters. The molecular formula is C14H16N4S. The van der Waals surface area contributed by atoms with Crippen LogP contribution in [0.4, 0.5) is 5.00 Å². The Morgan fingerprint density at radius 2 is 1.89 bits per heavy atom. The zero-order valence-corrected chi connectivity index (χ0v) is 12.3. The van der Waals surface area contributed by atoms with Crippen LogP contribution < -0.4 is 5.32 Å². The van der Waals surface area contributed by atoms with E-state index in [9.17, 15) is 0 Å². The van der Waals surface area contributed by atoms with Gasteiger partial charge in [-0.05, 0) is 55.6 Å². The maximum absolute atomic E-state index is 4.70. The fourth-order valence-corrected chi connectivity index (χ4v) is 2.95. The summed E-state index contributed by atoms with van der Waals surface area (Å²) >= 11 is 1.47. The molecular weight excluding hydrogens is 256 g/mol. The van der Waals surface area contributed by atoms with Gasteiger partial charge >= 0.3 is 0 Å². The molecule has 0 spiro atoms. The molecule has 19 heavy (non-hydrogen) atoms. The van der Waals surface area contributed by atoms with Crippen LogP contribution in [-0.2, 0) is 0 Å². The van der Waals surface area contributed by atoms with Crippen LogP contribution in [0.25, 0.3) is 22.4 Å². The smallest absolute Gasteiger partial charge is 0.143 e. The normalized spacial score (nSPS) is 11.2. The molecule has 0 aliphatic rings. The molecule has 0 aliphatic heterocycles. The lowest BCUT2D eigenvalue weighted by Gasteiger charge is -1.98. The summed E-state index contributed by atoms with van der Waals surface area (Å²) in [5.41, 5.74) is 6.69. The Hall–Kier alpha value is -1.88. The number of fused-ring (bicyclic) bond motifs is 1. The van der Waals surface area contributed by atoms with E-state index >= 15 is 0 Å². The number of aromatic nitrogens is 3. The van der Waals surface area contributed by atoms with Gasteiger partial charge in [-0.3, -0.25) is 0 Å². The number of nitrogens with one attached hydrogen (secondary N) is 2. The third-order valence-corrected chi connectivity index (χ3v) is 4.38. The van der Waals surface area contributed by atoms with Crippen LogP contribution >= 0.6 is 11.5 Å². The highest BCUT2D eigenvalue weighted by Gasteiger charge is 2.15. The minimum atomic E-state index is 0.885. The molecule has 3 aromatic rings.